The van der Waals surface area contributed by atoms with Crippen LogP contribution in [0.4, 0.5) is 13.2 Å². The molecule has 0 radical (unpaired) electrons. The topological polar surface area (TPSA) is 20.3 Å². The van der Waals surface area contributed by atoms with Crippen molar-refractivity contribution < 1.29 is 18.0 Å². The Morgan fingerprint density at radius 2 is 1.57 bits per heavy atom. The first kappa shape index (κ1) is 21.5. The second-order valence-electron chi connectivity index (χ2n) is 4.93. The largest absolute Gasteiger partial charge is 0.339 e. The third kappa shape index (κ3) is 6.24. The lowest BCUT2D eigenvalue weighted by Gasteiger charge is -2.28. The Hall–Kier alpha value is -1.52. The molecular weight excluding hydrogens is 303 g/mol. The van der Waals surface area contributed by atoms with Gasteiger partial charge in [0.15, 0.2) is 0 Å². The molecule has 0 saturated carbocycles. The van der Waals surface area contributed by atoms with Gasteiger partial charge in [-0.1, -0.05) is 27.7 Å². The van der Waals surface area contributed by atoms with Crippen LogP contribution in [0.3, 0.4) is 0 Å². The molecule has 1 aromatic carbocycles. The van der Waals surface area contributed by atoms with Crippen LogP contribution in [0.5, 0.6) is 0 Å². The van der Waals surface area contributed by atoms with E-state index in [0.29, 0.717) is 20.0 Å². The lowest BCUT2D eigenvalue weighted by molar-refractivity contribution is 0.0153. The van der Waals surface area contributed by atoms with Gasteiger partial charge in [-0.05, 0) is 37.5 Å². The van der Waals surface area contributed by atoms with E-state index in [0.717, 1.165) is 37.5 Å². The fourth-order valence-electron chi connectivity index (χ4n) is 2.33. The summed E-state index contributed by atoms with van der Waals surface area (Å²) < 4.78 is 40.1. The standard InChI is InChI=1S/C14H16F3NO.2C2H6/c1-14(16,17)12-9-10(15)5-6-11(12)13(19)18-7-3-2-4-8-18;2*1-2/h5-6,9H,2-4,7-8H2,1H3;2*1-2H3. The minimum Gasteiger partial charge on any atom is -0.339 e. The van der Waals surface area contributed by atoms with Gasteiger partial charge in [0.1, 0.15) is 5.82 Å². The Labute approximate surface area is 137 Å². The van der Waals surface area contributed by atoms with Gasteiger partial charge in [-0.2, -0.15) is 0 Å². The summed E-state index contributed by atoms with van der Waals surface area (Å²) in [5.74, 6) is -4.42. The van der Waals surface area contributed by atoms with Gasteiger partial charge in [0.25, 0.3) is 11.8 Å². The van der Waals surface area contributed by atoms with Crippen LogP contribution in [0.1, 0.15) is 69.8 Å². The molecule has 1 aromatic rings. The van der Waals surface area contributed by atoms with E-state index in [1.807, 2.05) is 27.7 Å². The van der Waals surface area contributed by atoms with Crippen LogP contribution in [-0.4, -0.2) is 23.9 Å². The first-order valence-electron chi connectivity index (χ1n) is 8.37. The molecule has 1 aliphatic heterocycles. The highest BCUT2D eigenvalue weighted by Gasteiger charge is 2.32. The van der Waals surface area contributed by atoms with E-state index < -0.39 is 23.2 Å². The molecule has 0 bridgehead atoms. The summed E-state index contributed by atoms with van der Waals surface area (Å²) in [5.41, 5.74) is -0.640. The Balaban J connectivity index is 0.00000112. The minimum absolute atomic E-state index is 0.101. The van der Waals surface area contributed by atoms with Crippen molar-refractivity contribution in [2.75, 3.05) is 13.1 Å². The summed E-state index contributed by atoms with van der Waals surface area (Å²) in [6, 6.07) is 2.95. The minimum atomic E-state index is -3.23. The first-order chi connectivity index (χ1) is 10.9. The summed E-state index contributed by atoms with van der Waals surface area (Å²) in [6.45, 7) is 9.82. The second-order valence-corrected chi connectivity index (χ2v) is 4.93. The highest BCUT2D eigenvalue weighted by Crippen LogP contribution is 2.31. The van der Waals surface area contributed by atoms with Crippen LogP contribution < -0.4 is 0 Å². The van der Waals surface area contributed by atoms with Crippen molar-refractivity contribution in [3.63, 3.8) is 0 Å². The van der Waals surface area contributed by atoms with Crippen LogP contribution in [0.2, 0.25) is 0 Å². The third-order valence-electron chi connectivity index (χ3n) is 3.33. The number of halogens is 3. The molecule has 5 heteroatoms. The van der Waals surface area contributed by atoms with Crippen LogP contribution >= 0.6 is 0 Å². The highest BCUT2D eigenvalue weighted by molar-refractivity contribution is 5.96. The number of rotatable bonds is 2. The monoisotopic (exact) mass is 331 g/mol. The van der Waals surface area contributed by atoms with Crippen LogP contribution in [0.15, 0.2) is 18.2 Å². The molecule has 0 aliphatic carbocycles. The van der Waals surface area contributed by atoms with Crippen molar-refractivity contribution in [1.82, 2.24) is 4.90 Å². The van der Waals surface area contributed by atoms with E-state index in [-0.39, 0.29) is 5.56 Å². The SMILES string of the molecule is CC.CC.CC(F)(F)c1cc(F)ccc1C(=O)N1CCCCC1. The Bertz CT molecular complexity index is 478. The Kier molecular flexibility index (Phi) is 9.61. The first-order valence-corrected chi connectivity index (χ1v) is 8.37. The van der Waals surface area contributed by atoms with Crippen molar-refractivity contribution >= 4 is 5.91 Å². The van der Waals surface area contributed by atoms with Crippen molar-refractivity contribution in [3.05, 3.63) is 35.1 Å². The van der Waals surface area contributed by atoms with Gasteiger partial charge < -0.3 is 4.90 Å². The summed E-state index contributed by atoms with van der Waals surface area (Å²) >= 11 is 0. The number of nitrogens with zero attached hydrogens (tertiary/aromatic N) is 1. The van der Waals surface area contributed by atoms with Gasteiger partial charge in [0.2, 0.25) is 0 Å². The molecule has 23 heavy (non-hydrogen) atoms. The zero-order chi connectivity index (χ0) is 18.0. The number of likely N-dealkylation sites (tertiary alicyclic amines) is 1. The fourth-order valence-corrected chi connectivity index (χ4v) is 2.33. The van der Waals surface area contributed by atoms with E-state index >= 15 is 0 Å². The molecule has 1 fully saturated rings. The van der Waals surface area contributed by atoms with Gasteiger partial charge in [-0.15, -0.1) is 0 Å². The van der Waals surface area contributed by atoms with Crippen molar-refractivity contribution in [1.29, 1.82) is 0 Å². The number of carbonyl (C=O) groups excluding carboxylic acids is 1. The van der Waals surface area contributed by atoms with Crippen molar-refractivity contribution in [2.24, 2.45) is 0 Å². The summed E-state index contributed by atoms with van der Waals surface area (Å²) in [6.07, 6.45) is 2.81. The zero-order valence-electron chi connectivity index (χ0n) is 14.8. The Morgan fingerprint density at radius 1 is 1.04 bits per heavy atom. The van der Waals surface area contributed by atoms with E-state index in [9.17, 15) is 18.0 Å². The molecule has 0 atom stereocenters. The maximum absolute atomic E-state index is 13.5. The van der Waals surface area contributed by atoms with Gasteiger partial charge >= 0.3 is 0 Å². The third-order valence-corrected chi connectivity index (χ3v) is 3.33. The second kappa shape index (κ2) is 10.3. The summed E-state index contributed by atoms with van der Waals surface area (Å²) in [7, 11) is 0. The molecule has 1 heterocycles. The number of benzene rings is 1. The summed E-state index contributed by atoms with van der Waals surface area (Å²) in [4.78, 5) is 13.8. The lowest BCUT2D eigenvalue weighted by atomic mass is 10.00. The summed E-state index contributed by atoms with van der Waals surface area (Å²) in [5, 5.41) is 0. The molecule has 0 unspecified atom stereocenters. The molecule has 1 saturated heterocycles. The van der Waals surface area contributed by atoms with Crippen LogP contribution in [0.25, 0.3) is 0 Å². The fraction of sp³-hybridized carbons (Fsp3) is 0.611. The molecular formula is C18H28F3NO. The predicted molar refractivity (Wildman–Crippen MR) is 88.4 cm³/mol. The molecule has 132 valence electrons. The molecule has 2 nitrogen and oxygen atoms in total. The van der Waals surface area contributed by atoms with E-state index in [1.54, 1.807) is 4.90 Å². The molecule has 0 N–H and O–H groups in total. The zero-order valence-corrected chi connectivity index (χ0v) is 14.8. The number of hydrogen-bond donors (Lipinski definition) is 0. The Morgan fingerprint density at radius 3 is 2.04 bits per heavy atom. The van der Waals surface area contributed by atoms with Crippen LogP contribution in [-0.2, 0) is 5.92 Å². The smallest absolute Gasteiger partial charge is 0.271 e. The number of piperidine rings is 1. The highest BCUT2D eigenvalue weighted by atomic mass is 19.3. The maximum Gasteiger partial charge on any atom is 0.271 e. The molecule has 2 rings (SSSR count). The van der Waals surface area contributed by atoms with Crippen LogP contribution in [0, 0.1) is 5.82 Å². The number of amides is 1. The molecule has 1 aliphatic rings. The average Bonchev–Trinajstić information content (AvgIpc) is 2.58. The molecule has 1 amide bonds. The number of alkyl halides is 2. The van der Waals surface area contributed by atoms with Gasteiger partial charge in [0, 0.05) is 31.1 Å². The maximum atomic E-state index is 13.5. The number of carbonyl (C=O) groups is 1. The van der Waals surface area contributed by atoms with E-state index in [2.05, 4.69) is 0 Å². The average molecular weight is 331 g/mol. The normalized spacial score (nSPS) is 14.2. The predicted octanol–water partition coefficient (Wildman–Crippen LogP) is 5.62. The van der Waals surface area contributed by atoms with E-state index in [4.69, 9.17) is 0 Å². The quantitative estimate of drug-likeness (QED) is 0.689. The van der Waals surface area contributed by atoms with Crippen molar-refractivity contribution in [3.8, 4) is 0 Å². The van der Waals surface area contributed by atoms with E-state index in [1.165, 1.54) is 0 Å². The van der Waals surface area contributed by atoms with Gasteiger partial charge in [-0.25, -0.2) is 13.2 Å². The molecule has 0 aromatic heterocycles. The molecule has 0 spiro atoms. The van der Waals surface area contributed by atoms with Crippen molar-refractivity contribution in [2.45, 2.75) is 59.8 Å². The lowest BCUT2D eigenvalue weighted by Crippen LogP contribution is -2.36. The number of hydrogen-bond acceptors (Lipinski definition) is 1. The van der Waals surface area contributed by atoms with Gasteiger partial charge in [0.05, 0.1) is 0 Å². The van der Waals surface area contributed by atoms with Gasteiger partial charge in [-0.3, -0.25) is 4.79 Å².